The van der Waals surface area contributed by atoms with Crippen molar-refractivity contribution in [2.75, 3.05) is 6.61 Å². The molecule has 2 aromatic heterocycles. The summed E-state index contributed by atoms with van der Waals surface area (Å²) in [6.45, 7) is 9.41. The lowest BCUT2D eigenvalue weighted by atomic mass is 9.86. The molecule has 0 saturated heterocycles. The Hall–Kier alpha value is -4.37. The number of fused-ring (bicyclic) bond motifs is 2. The number of nitrogens with zero attached hydrogens (tertiary/aromatic N) is 2. The molecule has 0 aliphatic carbocycles. The van der Waals surface area contributed by atoms with Crippen LogP contribution in [0, 0.1) is 25.5 Å². The second-order valence-electron chi connectivity index (χ2n) is 12.5. The summed E-state index contributed by atoms with van der Waals surface area (Å²) in [5.41, 5.74) is 4.70. The van der Waals surface area contributed by atoms with Gasteiger partial charge >= 0.3 is 5.97 Å². The van der Waals surface area contributed by atoms with Crippen LogP contribution >= 0.6 is 0 Å². The molecule has 0 saturated carbocycles. The molecule has 7 nitrogen and oxygen atoms in total. The molecule has 0 amide bonds. The molecule has 1 aliphatic rings. The highest BCUT2D eigenvalue weighted by Gasteiger charge is 2.34. The highest BCUT2D eigenvalue weighted by molar-refractivity contribution is 6.01. The molecule has 0 bridgehead atoms. The number of carboxylic acids is 1. The highest BCUT2D eigenvalue weighted by atomic mass is 19.1. The number of allylic oxidation sites excluding steroid dienone is 1. The number of hydrogen-bond acceptors (Lipinski definition) is 5. The summed E-state index contributed by atoms with van der Waals surface area (Å²) in [6, 6.07) is 9.32. The SMILES string of the molecule is Cc1nc2c(cc(/C=C/C(=O)CCc3ccc(F)cc3)n2C)c(-c2cc(F)c3c(c2C)CCCO3)c1[C@H](OC(C)(C)C)C(=O)O. The third-order valence-electron chi connectivity index (χ3n) is 8.12. The van der Waals surface area contributed by atoms with Crippen LogP contribution in [0.1, 0.15) is 73.4 Å². The molecule has 5 rings (SSSR count). The maximum Gasteiger partial charge on any atom is 0.337 e. The molecule has 9 heteroatoms. The van der Waals surface area contributed by atoms with E-state index >= 15 is 4.39 Å². The lowest BCUT2D eigenvalue weighted by Crippen LogP contribution is -2.28. The summed E-state index contributed by atoms with van der Waals surface area (Å²) >= 11 is 0. The monoisotopic (exact) mass is 616 g/mol. The number of aliphatic carboxylic acids is 1. The summed E-state index contributed by atoms with van der Waals surface area (Å²) in [7, 11) is 1.81. The number of carbonyl (C=O) groups is 2. The number of pyridine rings is 1. The van der Waals surface area contributed by atoms with E-state index in [1.54, 1.807) is 45.9 Å². The van der Waals surface area contributed by atoms with E-state index < -0.39 is 23.5 Å². The summed E-state index contributed by atoms with van der Waals surface area (Å²) in [5, 5.41) is 11.0. The number of benzene rings is 2. The zero-order chi connectivity index (χ0) is 32.6. The van der Waals surface area contributed by atoms with Gasteiger partial charge in [-0.05, 0) is 107 Å². The summed E-state index contributed by atoms with van der Waals surface area (Å²) in [5.74, 6) is -1.88. The van der Waals surface area contributed by atoms with Crippen molar-refractivity contribution < 1.29 is 33.0 Å². The quantitative estimate of drug-likeness (QED) is 0.195. The second-order valence-corrected chi connectivity index (χ2v) is 12.5. The summed E-state index contributed by atoms with van der Waals surface area (Å²) in [4.78, 5) is 30.3. The third kappa shape index (κ3) is 6.68. The number of aromatic nitrogens is 2. The lowest BCUT2D eigenvalue weighted by molar-refractivity contribution is -0.160. The van der Waals surface area contributed by atoms with Crippen LogP contribution < -0.4 is 4.74 Å². The van der Waals surface area contributed by atoms with Crippen molar-refractivity contribution in [2.45, 2.75) is 72.0 Å². The second kappa shape index (κ2) is 12.6. The molecule has 3 heterocycles. The minimum atomic E-state index is -1.38. The van der Waals surface area contributed by atoms with Crippen molar-refractivity contribution in [3.05, 3.63) is 87.8 Å². The Morgan fingerprint density at radius 2 is 1.87 bits per heavy atom. The van der Waals surface area contributed by atoms with E-state index in [0.29, 0.717) is 58.6 Å². The number of ketones is 1. The van der Waals surface area contributed by atoms with Gasteiger partial charge in [-0.15, -0.1) is 0 Å². The van der Waals surface area contributed by atoms with Gasteiger partial charge in [0.15, 0.2) is 23.5 Å². The fourth-order valence-electron chi connectivity index (χ4n) is 5.93. The van der Waals surface area contributed by atoms with E-state index in [0.717, 1.165) is 23.1 Å². The van der Waals surface area contributed by atoms with Crippen LogP contribution in [0.5, 0.6) is 5.75 Å². The zero-order valence-electron chi connectivity index (χ0n) is 26.5. The van der Waals surface area contributed by atoms with E-state index in [-0.39, 0.29) is 23.8 Å². The summed E-state index contributed by atoms with van der Waals surface area (Å²) in [6.07, 6.45) is 3.92. The van der Waals surface area contributed by atoms with Gasteiger partial charge in [-0.2, -0.15) is 0 Å². The molecule has 236 valence electrons. The van der Waals surface area contributed by atoms with Crippen LogP contribution in [0.2, 0.25) is 0 Å². The molecule has 0 radical (unpaired) electrons. The molecule has 1 aliphatic heterocycles. The van der Waals surface area contributed by atoms with Gasteiger partial charge in [0.1, 0.15) is 11.5 Å². The molecular formula is C36H38F2N2O5. The minimum Gasteiger partial charge on any atom is -0.490 e. The van der Waals surface area contributed by atoms with Crippen molar-refractivity contribution in [1.29, 1.82) is 0 Å². The highest BCUT2D eigenvalue weighted by Crippen LogP contribution is 2.44. The third-order valence-corrected chi connectivity index (χ3v) is 8.12. The zero-order valence-corrected chi connectivity index (χ0v) is 26.5. The van der Waals surface area contributed by atoms with Crippen LogP contribution in [0.3, 0.4) is 0 Å². The fraction of sp³-hybridized carbons (Fsp3) is 0.361. The first-order valence-electron chi connectivity index (χ1n) is 15.1. The number of halogens is 2. The number of carboxylic acid groups (broad SMARTS) is 1. The van der Waals surface area contributed by atoms with Gasteiger partial charge < -0.3 is 19.1 Å². The van der Waals surface area contributed by atoms with Crippen molar-refractivity contribution in [3.63, 3.8) is 0 Å². The van der Waals surface area contributed by atoms with Crippen LogP contribution in [-0.4, -0.2) is 38.6 Å². The van der Waals surface area contributed by atoms with Gasteiger partial charge in [0.2, 0.25) is 0 Å². The number of carbonyl (C=O) groups excluding carboxylic acids is 1. The number of rotatable bonds is 9. The largest absolute Gasteiger partial charge is 0.490 e. The van der Waals surface area contributed by atoms with E-state index in [2.05, 4.69) is 0 Å². The molecule has 4 aromatic rings. The molecule has 0 unspecified atom stereocenters. The molecule has 2 aromatic carbocycles. The van der Waals surface area contributed by atoms with Gasteiger partial charge in [0.25, 0.3) is 0 Å². The average Bonchev–Trinajstić information content (AvgIpc) is 3.30. The van der Waals surface area contributed by atoms with E-state index in [4.69, 9.17) is 14.5 Å². The molecule has 1 N–H and O–H groups in total. The Kier molecular flexibility index (Phi) is 8.94. The number of aryl methyl sites for hydroxylation is 3. The summed E-state index contributed by atoms with van der Waals surface area (Å²) < 4.78 is 42.5. The Bertz CT molecular complexity index is 1820. The molecular weight excluding hydrogens is 578 g/mol. The van der Waals surface area contributed by atoms with E-state index in [9.17, 15) is 19.1 Å². The van der Waals surface area contributed by atoms with Crippen molar-refractivity contribution >= 4 is 28.9 Å². The standard InChI is InChI=1S/C36H38F2N2O5/c1-20-26-8-7-17-44-32(26)29(38)19-27(20)31-28-18-24(14-16-25(41)15-11-22-9-12-23(37)13-10-22)40(6)34(28)39-21(2)30(31)33(35(42)43)45-36(3,4)5/h9-10,12-14,16,18-19,33H,7-8,11,15,17H2,1-6H3,(H,42,43)/b16-14+/t33-/m0/s1. The molecule has 45 heavy (non-hydrogen) atoms. The molecule has 0 spiro atoms. The Labute approximate surface area is 261 Å². The maximum atomic E-state index is 15.6. The van der Waals surface area contributed by atoms with Crippen LogP contribution in [0.4, 0.5) is 8.78 Å². The predicted octanol–water partition coefficient (Wildman–Crippen LogP) is 7.62. The lowest BCUT2D eigenvalue weighted by Gasteiger charge is -2.29. The molecule has 1 atom stereocenters. The predicted molar refractivity (Wildman–Crippen MR) is 169 cm³/mol. The van der Waals surface area contributed by atoms with Gasteiger partial charge in [-0.3, -0.25) is 4.79 Å². The van der Waals surface area contributed by atoms with Crippen LogP contribution in [0.15, 0.2) is 42.5 Å². The van der Waals surface area contributed by atoms with Crippen molar-refractivity contribution in [1.82, 2.24) is 9.55 Å². The fourth-order valence-corrected chi connectivity index (χ4v) is 5.93. The first-order chi connectivity index (χ1) is 21.2. The van der Waals surface area contributed by atoms with Crippen LogP contribution in [0.25, 0.3) is 28.2 Å². The first kappa shape index (κ1) is 32.0. The van der Waals surface area contributed by atoms with Crippen LogP contribution in [-0.2, 0) is 34.2 Å². The Balaban J connectivity index is 1.66. The Morgan fingerprint density at radius 1 is 1.16 bits per heavy atom. The smallest absolute Gasteiger partial charge is 0.337 e. The van der Waals surface area contributed by atoms with E-state index in [1.165, 1.54) is 24.3 Å². The van der Waals surface area contributed by atoms with Gasteiger partial charge in [-0.25, -0.2) is 18.6 Å². The number of ether oxygens (including phenoxy) is 2. The first-order valence-corrected chi connectivity index (χ1v) is 15.1. The van der Waals surface area contributed by atoms with Gasteiger partial charge in [-0.1, -0.05) is 12.1 Å². The topological polar surface area (TPSA) is 90.7 Å². The number of hydrogen-bond donors (Lipinski definition) is 1. The normalized spacial score (nSPS) is 14.0. The van der Waals surface area contributed by atoms with E-state index in [1.807, 2.05) is 24.6 Å². The van der Waals surface area contributed by atoms with Crippen molar-refractivity contribution in [2.24, 2.45) is 7.05 Å². The van der Waals surface area contributed by atoms with Crippen molar-refractivity contribution in [3.8, 4) is 16.9 Å². The van der Waals surface area contributed by atoms with Gasteiger partial charge in [0, 0.05) is 46.9 Å². The maximum absolute atomic E-state index is 15.6. The van der Waals surface area contributed by atoms with Gasteiger partial charge in [0.05, 0.1) is 12.2 Å². The molecule has 0 fully saturated rings. The minimum absolute atomic E-state index is 0.105. The average molecular weight is 617 g/mol. The Morgan fingerprint density at radius 3 is 2.53 bits per heavy atom.